The van der Waals surface area contributed by atoms with Gasteiger partial charge in [-0.1, -0.05) is 17.4 Å². The molecule has 0 aliphatic heterocycles. The monoisotopic (exact) mass is 372 g/mol. The molecule has 2 heterocycles. The van der Waals surface area contributed by atoms with E-state index in [2.05, 4.69) is 26.4 Å². The normalized spacial score (nSPS) is 14.1. The van der Waals surface area contributed by atoms with Crippen molar-refractivity contribution in [1.82, 2.24) is 25.0 Å². The Bertz CT molecular complexity index is 1030. The van der Waals surface area contributed by atoms with Crippen LogP contribution < -0.4 is 10.5 Å². The minimum absolute atomic E-state index is 0.168. The molecule has 0 saturated heterocycles. The number of nitrogen functional groups attached to an aromatic ring is 1. The van der Waals surface area contributed by atoms with Crippen molar-refractivity contribution in [1.29, 1.82) is 0 Å². The summed E-state index contributed by atoms with van der Waals surface area (Å²) in [5.41, 5.74) is 10.3. The first-order valence-corrected chi connectivity index (χ1v) is 8.59. The van der Waals surface area contributed by atoms with E-state index in [0.717, 1.165) is 41.7 Å². The van der Waals surface area contributed by atoms with Gasteiger partial charge >= 0.3 is 0 Å². The maximum absolute atomic E-state index is 12.8. The van der Waals surface area contributed by atoms with Crippen LogP contribution in [0.4, 0.5) is 14.7 Å². The molecule has 27 heavy (non-hydrogen) atoms. The summed E-state index contributed by atoms with van der Waals surface area (Å²) in [6.07, 6.45) is 2.11. The first kappa shape index (κ1) is 17.3. The third-order valence-corrected chi connectivity index (χ3v) is 4.53. The van der Waals surface area contributed by atoms with Gasteiger partial charge in [0.05, 0.1) is 23.9 Å². The second-order valence-corrected chi connectivity index (χ2v) is 6.29. The van der Waals surface area contributed by atoms with Crippen LogP contribution in [-0.2, 0) is 13.0 Å². The van der Waals surface area contributed by atoms with Gasteiger partial charge in [0.25, 0.3) is 6.43 Å². The van der Waals surface area contributed by atoms with Crippen molar-refractivity contribution in [2.75, 3.05) is 12.8 Å². The summed E-state index contributed by atoms with van der Waals surface area (Å²) in [7, 11) is 1.54. The van der Waals surface area contributed by atoms with E-state index in [1.807, 2.05) is 12.1 Å². The summed E-state index contributed by atoms with van der Waals surface area (Å²) in [5.74, 6) is 0.575. The van der Waals surface area contributed by atoms with E-state index in [-0.39, 0.29) is 5.95 Å². The number of benzene rings is 1. The third-order valence-electron chi connectivity index (χ3n) is 4.53. The van der Waals surface area contributed by atoms with E-state index in [1.165, 1.54) is 11.8 Å². The number of methoxy groups -OCH3 is 1. The lowest BCUT2D eigenvalue weighted by atomic mass is 9.96. The smallest absolute Gasteiger partial charge is 0.258 e. The van der Waals surface area contributed by atoms with Crippen LogP contribution in [0.25, 0.3) is 16.6 Å². The van der Waals surface area contributed by atoms with Crippen LogP contribution in [0.15, 0.2) is 24.3 Å². The number of anilines is 1. The topological polar surface area (TPSA) is 91.7 Å². The Kier molecular flexibility index (Phi) is 4.43. The lowest BCUT2D eigenvalue weighted by molar-refractivity contribution is 0.122. The third kappa shape index (κ3) is 3.20. The summed E-state index contributed by atoms with van der Waals surface area (Å²) < 4.78 is 32.3. The molecular formula is C18H18F2N6O. The molecule has 0 radical (unpaired) electrons. The second-order valence-electron chi connectivity index (χ2n) is 6.29. The molecule has 0 amide bonds. The number of allylic oxidation sites excluding steroid dienone is 1. The number of alkyl halides is 2. The standard InChI is InChI=1S/C18H18F2N6O/c1-27-17-16-11(4-2-3-5-13(16)22-18(21)23-17)10-6-7-12-14(8-10)26(25-24-12)9-15(19)20/h4,6-8,15H,2-3,5,9H2,1H3,(H2,21,22,23). The second kappa shape index (κ2) is 6.90. The van der Waals surface area contributed by atoms with E-state index in [9.17, 15) is 8.78 Å². The highest BCUT2D eigenvalue weighted by Gasteiger charge is 2.22. The zero-order valence-corrected chi connectivity index (χ0v) is 14.7. The Labute approximate surface area is 153 Å². The summed E-state index contributed by atoms with van der Waals surface area (Å²) in [4.78, 5) is 8.59. The molecule has 2 N–H and O–H groups in total. The van der Waals surface area contributed by atoms with Gasteiger partial charge in [0.2, 0.25) is 11.8 Å². The molecular weight excluding hydrogens is 354 g/mol. The van der Waals surface area contributed by atoms with Gasteiger partial charge in [0.1, 0.15) is 12.1 Å². The van der Waals surface area contributed by atoms with Crippen molar-refractivity contribution in [3.05, 3.63) is 41.1 Å². The molecule has 1 aliphatic carbocycles. The van der Waals surface area contributed by atoms with Gasteiger partial charge in [-0.3, -0.25) is 0 Å². The van der Waals surface area contributed by atoms with Crippen LogP contribution in [0, 0.1) is 0 Å². The maximum Gasteiger partial charge on any atom is 0.258 e. The molecule has 0 atom stereocenters. The van der Waals surface area contributed by atoms with E-state index in [4.69, 9.17) is 10.5 Å². The Morgan fingerprint density at radius 1 is 1.30 bits per heavy atom. The minimum Gasteiger partial charge on any atom is -0.480 e. The summed E-state index contributed by atoms with van der Waals surface area (Å²) in [6.45, 7) is -0.501. The molecule has 0 saturated carbocycles. The predicted octanol–water partition coefficient (Wildman–Crippen LogP) is 2.85. The van der Waals surface area contributed by atoms with Crippen molar-refractivity contribution in [2.24, 2.45) is 0 Å². The number of hydrogen-bond acceptors (Lipinski definition) is 6. The molecule has 0 fully saturated rings. The van der Waals surface area contributed by atoms with Crippen LogP contribution in [0.2, 0.25) is 0 Å². The number of nitrogens with two attached hydrogens (primary N) is 1. The van der Waals surface area contributed by atoms with Crippen LogP contribution in [0.1, 0.15) is 29.7 Å². The van der Waals surface area contributed by atoms with Crippen molar-refractivity contribution in [3.63, 3.8) is 0 Å². The molecule has 0 unspecified atom stereocenters. The number of halogens is 2. The fourth-order valence-electron chi connectivity index (χ4n) is 3.38. The SMILES string of the molecule is COc1nc(N)nc2c1C(c1ccc3nnn(CC(F)F)c3c1)=CCCC2. The molecule has 4 rings (SSSR count). The van der Waals surface area contributed by atoms with Crippen LogP contribution >= 0.6 is 0 Å². The molecule has 0 spiro atoms. The molecule has 0 bridgehead atoms. The van der Waals surface area contributed by atoms with Gasteiger partial charge < -0.3 is 10.5 Å². The van der Waals surface area contributed by atoms with Gasteiger partial charge in [-0.2, -0.15) is 4.98 Å². The Morgan fingerprint density at radius 3 is 2.93 bits per heavy atom. The molecule has 9 heteroatoms. The molecule has 7 nitrogen and oxygen atoms in total. The fourth-order valence-corrected chi connectivity index (χ4v) is 3.38. The van der Waals surface area contributed by atoms with Gasteiger partial charge in [0.15, 0.2) is 0 Å². The van der Waals surface area contributed by atoms with E-state index in [1.54, 1.807) is 6.07 Å². The average molecular weight is 372 g/mol. The van der Waals surface area contributed by atoms with Crippen LogP contribution in [-0.4, -0.2) is 38.5 Å². The van der Waals surface area contributed by atoms with E-state index >= 15 is 0 Å². The molecule has 140 valence electrons. The predicted molar refractivity (Wildman–Crippen MR) is 96.5 cm³/mol. The van der Waals surface area contributed by atoms with Crippen molar-refractivity contribution in [2.45, 2.75) is 32.2 Å². The number of hydrogen-bond donors (Lipinski definition) is 1. The lowest BCUT2D eigenvalue weighted by Crippen LogP contribution is -2.08. The first-order valence-electron chi connectivity index (χ1n) is 8.59. The number of nitrogens with zero attached hydrogens (tertiary/aromatic N) is 5. The Hall–Kier alpha value is -3.10. The largest absolute Gasteiger partial charge is 0.480 e. The maximum atomic E-state index is 12.8. The first-order chi connectivity index (χ1) is 13.1. The van der Waals surface area contributed by atoms with Gasteiger partial charge in [-0.15, -0.1) is 5.10 Å². The highest BCUT2D eigenvalue weighted by Crippen LogP contribution is 2.36. The number of ether oxygens (including phenoxy) is 1. The fraction of sp³-hybridized carbons (Fsp3) is 0.333. The van der Waals surface area contributed by atoms with Crippen LogP contribution in [0.3, 0.4) is 0 Å². The molecule has 3 aromatic rings. The molecule has 1 aromatic carbocycles. The van der Waals surface area contributed by atoms with Crippen molar-refractivity contribution < 1.29 is 13.5 Å². The zero-order valence-electron chi connectivity index (χ0n) is 14.7. The highest BCUT2D eigenvalue weighted by molar-refractivity contribution is 5.88. The average Bonchev–Trinajstić information content (AvgIpc) is 2.90. The van der Waals surface area contributed by atoms with Crippen molar-refractivity contribution >= 4 is 22.6 Å². The molecule has 2 aromatic heterocycles. The van der Waals surface area contributed by atoms with Gasteiger partial charge in [-0.25, -0.2) is 18.4 Å². The lowest BCUT2D eigenvalue weighted by Gasteiger charge is -2.15. The van der Waals surface area contributed by atoms with Crippen LogP contribution in [0.5, 0.6) is 5.88 Å². The number of aryl methyl sites for hydroxylation is 1. The van der Waals surface area contributed by atoms with Gasteiger partial charge in [0, 0.05) is 0 Å². The number of fused-ring (bicyclic) bond motifs is 2. The summed E-state index contributed by atoms with van der Waals surface area (Å²) in [6, 6.07) is 5.48. The Morgan fingerprint density at radius 2 is 2.15 bits per heavy atom. The Balaban J connectivity index is 1.88. The highest BCUT2D eigenvalue weighted by atomic mass is 19.3. The number of aromatic nitrogens is 5. The minimum atomic E-state index is -2.51. The van der Waals surface area contributed by atoms with E-state index < -0.39 is 13.0 Å². The summed E-state index contributed by atoms with van der Waals surface area (Å²) in [5, 5.41) is 7.79. The van der Waals surface area contributed by atoms with Crippen molar-refractivity contribution in [3.8, 4) is 5.88 Å². The zero-order chi connectivity index (χ0) is 19.0. The van der Waals surface area contributed by atoms with E-state index in [0.29, 0.717) is 16.9 Å². The number of rotatable bonds is 4. The summed E-state index contributed by atoms with van der Waals surface area (Å²) >= 11 is 0. The molecule has 1 aliphatic rings. The van der Waals surface area contributed by atoms with Gasteiger partial charge in [-0.05, 0) is 42.5 Å². The quantitative estimate of drug-likeness (QED) is 0.757.